The van der Waals surface area contributed by atoms with Crippen LogP contribution >= 0.6 is 0 Å². The third kappa shape index (κ3) is 3.06. The van der Waals surface area contributed by atoms with Crippen molar-refractivity contribution in [1.29, 1.82) is 0 Å². The van der Waals surface area contributed by atoms with E-state index in [1.165, 1.54) is 5.56 Å². The Morgan fingerprint density at radius 1 is 1.19 bits per heavy atom. The first-order chi connectivity index (χ1) is 12.6. The number of nitrogens with zero attached hydrogens (tertiary/aromatic N) is 4. The lowest BCUT2D eigenvalue weighted by molar-refractivity contribution is 0.246. The largest absolute Gasteiger partial charge is 0.334 e. The molecule has 0 radical (unpaired) electrons. The van der Waals surface area contributed by atoms with Crippen molar-refractivity contribution in [2.75, 3.05) is 11.4 Å². The van der Waals surface area contributed by atoms with Gasteiger partial charge in [0.25, 0.3) is 0 Å². The number of amides is 2. The first-order valence-corrected chi connectivity index (χ1v) is 8.73. The minimum Gasteiger partial charge on any atom is -0.334 e. The smallest absolute Gasteiger partial charge is 0.322 e. The molecule has 3 heterocycles. The summed E-state index contributed by atoms with van der Waals surface area (Å²) in [6, 6.07) is 13.9. The zero-order chi connectivity index (χ0) is 18.1. The molecule has 6 heteroatoms. The number of para-hydroxylation sites is 1. The van der Waals surface area contributed by atoms with Gasteiger partial charge in [0.2, 0.25) is 0 Å². The van der Waals surface area contributed by atoms with Gasteiger partial charge < -0.3 is 5.32 Å². The summed E-state index contributed by atoms with van der Waals surface area (Å²) in [5.41, 5.74) is 5.19. The van der Waals surface area contributed by atoms with E-state index >= 15 is 0 Å². The van der Waals surface area contributed by atoms with Gasteiger partial charge in [-0.05, 0) is 49.6 Å². The molecular formula is C20H21N5O. The predicted octanol–water partition coefficient (Wildman–Crippen LogP) is 3.16. The Morgan fingerprint density at radius 2 is 2.04 bits per heavy atom. The highest BCUT2D eigenvalue weighted by molar-refractivity contribution is 5.94. The predicted molar refractivity (Wildman–Crippen MR) is 101 cm³/mol. The van der Waals surface area contributed by atoms with E-state index in [2.05, 4.69) is 21.5 Å². The maximum absolute atomic E-state index is 12.5. The van der Waals surface area contributed by atoms with Crippen molar-refractivity contribution in [1.82, 2.24) is 20.1 Å². The lowest BCUT2D eigenvalue weighted by Gasteiger charge is -2.18. The molecule has 0 spiro atoms. The summed E-state index contributed by atoms with van der Waals surface area (Å²) in [5, 5.41) is 7.42. The molecule has 2 amide bonds. The third-order valence-corrected chi connectivity index (χ3v) is 4.61. The van der Waals surface area contributed by atoms with Gasteiger partial charge >= 0.3 is 6.03 Å². The van der Waals surface area contributed by atoms with E-state index in [-0.39, 0.29) is 6.03 Å². The second kappa shape index (κ2) is 6.63. The Kier molecular flexibility index (Phi) is 4.16. The summed E-state index contributed by atoms with van der Waals surface area (Å²) < 4.78 is 1.82. The normalized spacial score (nSPS) is 12.9. The van der Waals surface area contributed by atoms with Gasteiger partial charge in [-0.1, -0.05) is 24.3 Å². The van der Waals surface area contributed by atoms with Crippen molar-refractivity contribution in [3.05, 3.63) is 71.2 Å². The number of urea groups is 1. The average Bonchev–Trinajstić information content (AvgIpc) is 3.23. The van der Waals surface area contributed by atoms with Crippen molar-refractivity contribution in [3.8, 4) is 5.82 Å². The van der Waals surface area contributed by atoms with Crippen LogP contribution in [0.25, 0.3) is 5.82 Å². The van der Waals surface area contributed by atoms with E-state index in [4.69, 9.17) is 0 Å². The monoisotopic (exact) mass is 347 g/mol. The number of hydrogen-bond acceptors (Lipinski definition) is 3. The van der Waals surface area contributed by atoms with Crippen LogP contribution in [0.15, 0.2) is 48.7 Å². The van der Waals surface area contributed by atoms with E-state index in [1.807, 2.05) is 54.9 Å². The molecule has 26 heavy (non-hydrogen) atoms. The van der Waals surface area contributed by atoms with Crippen molar-refractivity contribution in [2.45, 2.75) is 26.8 Å². The van der Waals surface area contributed by atoms with E-state index in [9.17, 15) is 4.79 Å². The van der Waals surface area contributed by atoms with Crippen LogP contribution in [0.1, 0.15) is 22.5 Å². The van der Waals surface area contributed by atoms with Crippen LogP contribution in [0.3, 0.4) is 0 Å². The number of pyridine rings is 1. The van der Waals surface area contributed by atoms with Gasteiger partial charge in [-0.2, -0.15) is 5.10 Å². The maximum atomic E-state index is 12.5. The maximum Gasteiger partial charge on any atom is 0.322 e. The molecule has 1 N–H and O–H groups in total. The highest BCUT2D eigenvalue weighted by Gasteiger charge is 2.23. The molecule has 0 fully saturated rings. The van der Waals surface area contributed by atoms with Gasteiger partial charge in [-0.3, -0.25) is 4.90 Å². The first kappa shape index (κ1) is 16.3. The summed E-state index contributed by atoms with van der Waals surface area (Å²) in [6.45, 7) is 5.13. The van der Waals surface area contributed by atoms with E-state index < -0.39 is 0 Å². The number of anilines is 1. The number of aromatic nitrogens is 3. The van der Waals surface area contributed by atoms with Gasteiger partial charge in [0.15, 0.2) is 5.82 Å². The van der Waals surface area contributed by atoms with Crippen LogP contribution in [0.5, 0.6) is 0 Å². The number of nitrogens with one attached hydrogen (secondary N) is 1. The molecule has 6 nitrogen and oxygen atoms in total. The standard InChI is InChI=1S/C20H21N5O/c1-14-11-15(2)25(23-14)19-8-7-16(12-21-19)13-22-20(26)24-10-9-17-5-3-4-6-18(17)24/h3-8,11-12H,9-10,13H2,1-2H3,(H,22,26). The molecule has 4 rings (SSSR count). The summed E-state index contributed by atoms with van der Waals surface area (Å²) in [6.07, 6.45) is 2.69. The van der Waals surface area contributed by atoms with Crippen molar-refractivity contribution < 1.29 is 4.79 Å². The first-order valence-electron chi connectivity index (χ1n) is 8.73. The molecular weight excluding hydrogens is 326 g/mol. The Hall–Kier alpha value is -3.15. The zero-order valence-electron chi connectivity index (χ0n) is 14.9. The second-order valence-corrected chi connectivity index (χ2v) is 6.55. The number of carbonyl (C=O) groups is 1. The van der Waals surface area contributed by atoms with Crippen LogP contribution in [-0.4, -0.2) is 27.3 Å². The highest BCUT2D eigenvalue weighted by Crippen LogP contribution is 2.27. The molecule has 1 aliphatic rings. The van der Waals surface area contributed by atoms with E-state index in [1.54, 1.807) is 11.1 Å². The molecule has 1 aliphatic heterocycles. The average molecular weight is 347 g/mol. The van der Waals surface area contributed by atoms with E-state index in [0.717, 1.165) is 41.4 Å². The highest BCUT2D eigenvalue weighted by atomic mass is 16.2. The summed E-state index contributed by atoms with van der Waals surface area (Å²) in [7, 11) is 0. The molecule has 2 aromatic heterocycles. The van der Waals surface area contributed by atoms with Crippen LogP contribution in [0, 0.1) is 13.8 Å². The molecule has 0 saturated carbocycles. The zero-order valence-corrected chi connectivity index (χ0v) is 14.9. The second-order valence-electron chi connectivity index (χ2n) is 6.55. The lowest BCUT2D eigenvalue weighted by atomic mass is 10.2. The molecule has 0 aliphatic carbocycles. The van der Waals surface area contributed by atoms with Crippen LogP contribution in [0.2, 0.25) is 0 Å². The topological polar surface area (TPSA) is 63.1 Å². The summed E-state index contributed by atoms with van der Waals surface area (Å²) >= 11 is 0. The Bertz CT molecular complexity index is 945. The number of benzene rings is 1. The SMILES string of the molecule is Cc1cc(C)n(-c2ccc(CNC(=O)N3CCc4ccccc43)cn2)n1. The Morgan fingerprint density at radius 3 is 2.77 bits per heavy atom. The van der Waals surface area contributed by atoms with Gasteiger partial charge in [0, 0.05) is 30.7 Å². The third-order valence-electron chi connectivity index (χ3n) is 4.61. The molecule has 0 bridgehead atoms. The quantitative estimate of drug-likeness (QED) is 0.792. The number of hydrogen-bond donors (Lipinski definition) is 1. The fourth-order valence-electron chi connectivity index (χ4n) is 3.33. The molecule has 132 valence electrons. The van der Waals surface area contributed by atoms with E-state index in [0.29, 0.717) is 6.54 Å². The molecule has 3 aromatic rings. The molecule has 0 unspecified atom stereocenters. The van der Waals surface area contributed by atoms with Crippen LogP contribution < -0.4 is 10.2 Å². The number of rotatable bonds is 3. The number of fused-ring (bicyclic) bond motifs is 1. The van der Waals surface area contributed by atoms with Crippen molar-refractivity contribution in [2.24, 2.45) is 0 Å². The number of carbonyl (C=O) groups excluding carboxylic acids is 1. The molecule has 0 atom stereocenters. The fourth-order valence-corrected chi connectivity index (χ4v) is 3.33. The number of aryl methyl sites for hydroxylation is 2. The Balaban J connectivity index is 1.41. The van der Waals surface area contributed by atoms with Crippen LogP contribution in [-0.2, 0) is 13.0 Å². The van der Waals surface area contributed by atoms with Gasteiger partial charge in [0.1, 0.15) is 0 Å². The van der Waals surface area contributed by atoms with Crippen LogP contribution in [0.4, 0.5) is 10.5 Å². The van der Waals surface area contributed by atoms with Crippen molar-refractivity contribution >= 4 is 11.7 Å². The fraction of sp³-hybridized carbons (Fsp3) is 0.250. The molecule has 1 aromatic carbocycles. The minimum atomic E-state index is -0.0717. The van der Waals surface area contributed by atoms with Gasteiger partial charge in [-0.25, -0.2) is 14.5 Å². The Labute approximate surface area is 152 Å². The summed E-state index contributed by atoms with van der Waals surface area (Å²) in [5.74, 6) is 0.777. The summed E-state index contributed by atoms with van der Waals surface area (Å²) in [4.78, 5) is 18.8. The van der Waals surface area contributed by atoms with Gasteiger partial charge in [-0.15, -0.1) is 0 Å². The minimum absolute atomic E-state index is 0.0717. The van der Waals surface area contributed by atoms with Gasteiger partial charge in [0.05, 0.1) is 5.69 Å². The molecule has 0 saturated heterocycles. The van der Waals surface area contributed by atoms with Crippen molar-refractivity contribution in [3.63, 3.8) is 0 Å². The lowest BCUT2D eigenvalue weighted by Crippen LogP contribution is -2.38.